The van der Waals surface area contributed by atoms with Gasteiger partial charge in [0.1, 0.15) is 11.8 Å². The Morgan fingerprint density at radius 1 is 1.56 bits per heavy atom. The molecule has 0 saturated carbocycles. The molecule has 2 atom stereocenters. The third-order valence-electron chi connectivity index (χ3n) is 3.37. The Morgan fingerprint density at radius 3 is 3.06 bits per heavy atom. The van der Waals surface area contributed by atoms with E-state index in [0.717, 1.165) is 18.8 Å². The van der Waals surface area contributed by atoms with Crippen molar-refractivity contribution in [1.29, 1.82) is 5.26 Å². The van der Waals surface area contributed by atoms with Gasteiger partial charge in [0, 0.05) is 11.7 Å². The van der Waals surface area contributed by atoms with Gasteiger partial charge in [-0.3, -0.25) is 0 Å². The molecule has 96 valence electrons. The maximum atomic E-state index is 8.89. The van der Waals surface area contributed by atoms with Crippen LogP contribution < -0.4 is 10.6 Å². The summed E-state index contributed by atoms with van der Waals surface area (Å²) in [6.45, 7) is 6.17. The molecule has 18 heavy (non-hydrogen) atoms. The molecule has 1 aliphatic rings. The minimum Gasteiger partial charge on any atom is -0.351 e. The summed E-state index contributed by atoms with van der Waals surface area (Å²) in [7, 11) is 0. The summed E-state index contributed by atoms with van der Waals surface area (Å²) in [5.41, 5.74) is 1.23. The molecule has 5 heteroatoms. The van der Waals surface area contributed by atoms with Crippen LogP contribution in [0, 0.1) is 24.2 Å². The Labute approximate surface area is 108 Å². The molecule has 0 aromatic carbocycles. The first-order valence-corrected chi connectivity index (χ1v) is 6.42. The lowest BCUT2D eigenvalue weighted by atomic mass is 9.93. The number of nitrogens with zero attached hydrogens (tertiary/aromatic N) is 3. The fourth-order valence-electron chi connectivity index (χ4n) is 2.32. The highest BCUT2D eigenvalue weighted by atomic mass is 15.1. The predicted molar refractivity (Wildman–Crippen MR) is 70.2 cm³/mol. The lowest BCUT2D eigenvalue weighted by molar-refractivity contribution is 0.346. The van der Waals surface area contributed by atoms with Crippen LogP contribution in [0.25, 0.3) is 0 Å². The van der Waals surface area contributed by atoms with Crippen molar-refractivity contribution in [3.8, 4) is 6.07 Å². The van der Waals surface area contributed by atoms with Gasteiger partial charge in [-0.25, -0.2) is 9.97 Å². The van der Waals surface area contributed by atoms with Crippen LogP contribution in [0.3, 0.4) is 0 Å². The normalized spacial score (nSPS) is 21.1. The monoisotopic (exact) mass is 245 g/mol. The van der Waals surface area contributed by atoms with E-state index >= 15 is 0 Å². The lowest BCUT2D eigenvalue weighted by Crippen LogP contribution is -2.39. The van der Waals surface area contributed by atoms with Gasteiger partial charge in [0.15, 0.2) is 0 Å². The van der Waals surface area contributed by atoms with Gasteiger partial charge in [-0.05, 0) is 51.8 Å². The van der Waals surface area contributed by atoms with Gasteiger partial charge in [0.25, 0.3) is 0 Å². The average Bonchev–Trinajstić information content (AvgIpc) is 2.39. The molecule has 1 fully saturated rings. The molecular formula is C13H19N5. The van der Waals surface area contributed by atoms with Gasteiger partial charge in [-0.2, -0.15) is 5.26 Å². The average molecular weight is 245 g/mol. The van der Waals surface area contributed by atoms with Crippen LogP contribution in [0.2, 0.25) is 0 Å². The van der Waals surface area contributed by atoms with E-state index in [1.165, 1.54) is 12.8 Å². The molecule has 1 aromatic rings. The summed E-state index contributed by atoms with van der Waals surface area (Å²) in [6.07, 6.45) is 2.44. The quantitative estimate of drug-likeness (QED) is 0.843. The van der Waals surface area contributed by atoms with Gasteiger partial charge >= 0.3 is 0 Å². The van der Waals surface area contributed by atoms with Crippen LogP contribution in [-0.2, 0) is 0 Å². The van der Waals surface area contributed by atoms with E-state index in [-0.39, 0.29) is 0 Å². The number of anilines is 1. The standard InChI is InChI=1S/C13H19N5/c1-9-6-12(7-14)18-13(16-9)17-10(2)11-4-3-5-15-8-11/h6,10-11,15H,3-5,8H2,1-2H3,(H,16,17,18). The first-order valence-electron chi connectivity index (χ1n) is 6.42. The number of piperidine rings is 1. The Kier molecular flexibility index (Phi) is 4.11. The topological polar surface area (TPSA) is 73.6 Å². The van der Waals surface area contributed by atoms with Crippen LogP contribution >= 0.6 is 0 Å². The minimum absolute atomic E-state index is 0.311. The fraction of sp³-hybridized carbons (Fsp3) is 0.615. The molecule has 1 saturated heterocycles. The third kappa shape index (κ3) is 3.17. The van der Waals surface area contributed by atoms with Gasteiger partial charge in [0.2, 0.25) is 5.95 Å². The Balaban J connectivity index is 2.04. The van der Waals surface area contributed by atoms with E-state index in [0.29, 0.717) is 23.6 Å². The van der Waals surface area contributed by atoms with Crippen molar-refractivity contribution in [2.24, 2.45) is 5.92 Å². The second-order valence-corrected chi connectivity index (χ2v) is 4.87. The van der Waals surface area contributed by atoms with Gasteiger partial charge in [0.05, 0.1) is 0 Å². The van der Waals surface area contributed by atoms with Crippen molar-refractivity contribution >= 4 is 5.95 Å². The second-order valence-electron chi connectivity index (χ2n) is 4.87. The zero-order valence-electron chi connectivity index (χ0n) is 10.9. The summed E-state index contributed by atoms with van der Waals surface area (Å²) in [6, 6.07) is 4.06. The van der Waals surface area contributed by atoms with E-state index in [1.807, 2.05) is 6.92 Å². The Bertz CT molecular complexity index is 445. The molecule has 1 aromatic heterocycles. The molecule has 0 radical (unpaired) electrons. The number of hydrogen-bond donors (Lipinski definition) is 2. The highest BCUT2D eigenvalue weighted by molar-refractivity contribution is 5.33. The minimum atomic E-state index is 0.311. The van der Waals surface area contributed by atoms with Gasteiger partial charge < -0.3 is 10.6 Å². The van der Waals surface area contributed by atoms with Crippen LogP contribution in [0.15, 0.2) is 6.07 Å². The van der Waals surface area contributed by atoms with E-state index < -0.39 is 0 Å². The van der Waals surface area contributed by atoms with Crippen LogP contribution in [0.4, 0.5) is 5.95 Å². The highest BCUT2D eigenvalue weighted by Crippen LogP contribution is 2.17. The number of nitriles is 1. The van der Waals surface area contributed by atoms with Crippen molar-refractivity contribution < 1.29 is 0 Å². The first-order chi connectivity index (χ1) is 8.69. The van der Waals surface area contributed by atoms with Gasteiger partial charge in [-0.1, -0.05) is 0 Å². The number of hydrogen-bond acceptors (Lipinski definition) is 5. The number of nitrogens with one attached hydrogen (secondary N) is 2. The van der Waals surface area contributed by atoms with E-state index in [4.69, 9.17) is 5.26 Å². The molecule has 0 aliphatic carbocycles. The smallest absolute Gasteiger partial charge is 0.224 e. The zero-order valence-corrected chi connectivity index (χ0v) is 10.9. The molecule has 5 nitrogen and oxygen atoms in total. The van der Waals surface area contributed by atoms with Crippen LogP contribution in [-0.4, -0.2) is 29.1 Å². The lowest BCUT2D eigenvalue weighted by Gasteiger charge is -2.28. The van der Waals surface area contributed by atoms with Crippen LogP contribution in [0.5, 0.6) is 0 Å². The van der Waals surface area contributed by atoms with Crippen molar-refractivity contribution in [3.63, 3.8) is 0 Å². The van der Waals surface area contributed by atoms with Crippen LogP contribution in [0.1, 0.15) is 31.2 Å². The van der Waals surface area contributed by atoms with Crippen molar-refractivity contribution in [2.45, 2.75) is 32.7 Å². The molecule has 1 aliphatic heterocycles. The largest absolute Gasteiger partial charge is 0.351 e. The van der Waals surface area contributed by atoms with E-state index in [9.17, 15) is 0 Å². The number of aryl methyl sites for hydroxylation is 1. The van der Waals surface area contributed by atoms with E-state index in [1.54, 1.807) is 6.07 Å². The third-order valence-corrected chi connectivity index (χ3v) is 3.37. The SMILES string of the molecule is Cc1cc(C#N)nc(NC(C)C2CCCNC2)n1. The molecule has 2 rings (SSSR count). The molecule has 0 bridgehead atoms. The summed E-state index contributed by atoms with van der Waals surface area (Å²) in [5.74, 6) is 1.15. The van der Waals surface area contributed by atoms with Crippen molar-refractivity contribution in [2.75, 3.05) is 18.4 Å². The zero-order chi connectivity index (χ0) is 13.0. The number of rotatable bonds is 3. The summed E-state index contributed by atoms with van der Waals surface area (Å²) >= 11 is 0. The molecule has 0 amide bonds. The first kappa shape index (κ1) is 12.8. The number of aromatic nitrogens is 2. The molecular weight excluding hydrogens is 226 g/mol. The predicted octanol–water partition coefficient (Wildman–Crippen LogP) is 1.46. The maximum absolute atomic E-state index is 8.89. The molecule has 0 spiro atoms. The van der Waals surface area contributed by atoms with Gasteiger partial charge in [-0.15, -0.1) is 0 Å². The fourth-order valence-corrected chi connectivity index (χ4v) is 2.32. The second kappa shape index (κ2) is 5.78. The highest BCUT2D eigenvalue weighted by Gasteiger charge is 2.20. The summed E-state index contributed by atoms with van der Waals surface area (Å²) in [5, 5.41) is 15.6. The Hall–Kier alpha value is -1.67. The van der Waals surface area contributed by atoms with Crippen molar-refractivity contribution in [3.05, 3.63) is 17.5 Å². The molecule has 2 unspecified atom stereocenters. The summed E-state index contributed by atoms with van der Waals surface area (Å²) < 4.78 is 0. The van der Waals surface area contributed by atoms with E-state index in [2.05, 4.69) is 33.6 Å². The Morgan fingerprint density at radius 2 is 2.39 bits per heavy atom. The summed E-state index contributed by atoms with van der Waals surface area (Å²) in [4.78, 5) is 8.51. The van der Waals surface area contributed by atoms with Crippen molar-refractivity contribution in [1.82, 2.24) is 15.3 Å². The molecule has 2 N–H and O–H groups in total. The molecule has 2 heterocycles. The maximum Gasteiger partial charge on any atom is 0.224 e.